The van der Waals surface area contributed by atoms with Crippen molar-refractivity contribution < 1.29 is 17.9 Å². The first-order valence-electron chi connectivity index (χ1n) is 10.2. The van der Waals surface area contributed by atoms with Crippen LogP contribution in [0.1, 0.15) is 50.2 Å². The number of amides is 1. The maximum Gasteiger partial charge on any atom is 0.222 e. The lowest BCUT2D eigenvalue weighted by molar-refractivity contribution is -0.132. The van der Waals surface area contributed by atoms with Gasteiger partial charge in [0.2, 0.25) is 15.9 Å². The van der Waals surface area contributed by atoms with Crippen LogP contribution < -0.4 is 4.74 Å². The number of nitrogens with zero attached hydrogens (tertiary/aromatic N) is 2. The summed E-state index contributed by atoms with van der Waals surface area (Å²) in [7, 11) is -1.52. The van der Waals surface area contributed by atoms with Crippen LogP contribution in [0.25, 0.3) is 0 Å². The van der Waals surface area contributed by atoms with E-state index in [0.29, 0.717) is 39.0 Å². The summed E-state index contributed by atoms with van der Waals surface area (Å²) in [6.07, 6.45) is 3.57. The molecule has 1 aliphatic rings. The van der Waals surface area contributed by atoms with Crippen molar-refractivity contribution in [1.29, 1.82) is 0 Å². The van der Waals surface area contributed by atoms with Gasteiger partial charge in [-0.3, -0.25) is 4.79 Å². The molecule has 2 rings (SSSR count). The van der Waals surface area contributed by atoms with Gasteiger partial charge in [-0.15, -0.1) is 0 Å². The Balaban J connectivity index is 1.67. The predicted molar refractivity (Wildman–Crippen MR) is 112 cm³/mol. The predicted octanol–water partition coefficient (Wildman–Crippen LogP) is 3.13. The molecule has 28 heavy (non-hydrogen) atoms. The fourth-order valence-electron chi connectivity index (χ4n) is 3.49. The molecule has 0 spiro atoms. The second-order valence-corrected chi connectivity index (χ2v) is 9.92. The van der Waals surface area contributed by atoms with E-state index < -0.39 is 10.0 Å². The van der Waals surface area contributed by atoms with Gasteiger partial charge in [0.1, 0.15) is 5.75 Å². The molecule has 0 unspecified atom stereocenters. The number of aryl methyl sites for hydroxylation is 2. The van der Waals surface area contributed by atoms with E-state index in [-0.39, 0.29) is 17.7 Å². The lowest BCUT2D eigenvalue weighted by atomic mass is 10.0. The molecule has 1 saturated heterocycles. The van der Waals surface area contributed by atoms with Gasteiger partial charge in [-0.2, -0.15) is 0 Å². The highest BCUT2D eigenvalue weighted by Crippen LogP contribution is 2.21. The number of rotatable bonds is 9. The Morgan fingerprint density at radius 1 is 1.21 bits per heavy atom. The number of carbonyl (C=O) groups excluding carboxylic acids is 1. The number of benzene rings is 1. The SMILES string of the molecule is CCS(=O)(=O)N(C)C1CCN(C(=O)CCCCOc2cc(C)ccc2C)CC1. The smallest absolute Gasteiger partial charge is 0.222 e. The van der Waals surface area contributed by atoms with Crippen LogP contribution in [0, 0.1) is 13.8 Å². The van der Waals surface area contributed by atoms with Crippen LogP contribution >= 0.6 is 0 Å². The molecular formula is C21H34N2O4S. The second-order valence-electron chi connectivity index (χ2n) is 7.60. The minimum absolute atomic E-state index is 0.0000289. The van der Waals surface area contributed by atoms with Crippen molar-refractivity contribution >= 4 is 15.9 Å². The van der Waals surface area contributed by atoms with E-state index in [0.717, 1.165) is 24.2 Å². The summed E-state index contributed by atoms with van der Waals surface area (Å²) < 4.78 is 31.3. The van der Waals surface area contributed by atoms with E-state index in [1.54, 1.807) is 14.0 Å². The Bertz CT molecular complexity index is 756. The van der Waals surface area contributed by atoms with Crippen molar-refractivity contribution in [2.75, 3.05) is 32.5 Å². The largest absolute Gasteiger partial charge is 0.493 e. The van der Waals surface area contributed by atoms with Crippen LogP contribution in [0.5, 0.6) is 5.75 Å². The highest BCUT2D eigenvalue weighted by Gasteiger charge is 2.29. The molecule has 158 valence electrons. The molecule has 1 heterocycles. The molecule has 1 aliphatic heterocycles. The van der Waals surface area contributed by atoms with Crippen LogP contribution in [0.3, 0.4) is 0 Å². The van der Waals surface area contributed by atoms with E-state index >= 15 is 0 Å². The lowest BCUT2D eigenvalue weighted by Crippen LogP contribution is -2.47. The Labute approximate surface area is 169 Å². The van der Waals surface area contributed by atoms with Crippen LogP contribution in [-0.4, -0.2) is 62.1 Å². The van der Waals surface area contributed by atoms with Crippen molar-refractivity contribution in [3.05, 3.63) is 29.3 Å². The number of sulfonamides is 1. The van der Waals surface area contributed by atoms with E-state index in [9.17, 15) is 13.2 Å². The zero-order valence-electron chi connectivity index (χ0n) is 17.6. The molecule has 0 aromatic heterocycles. The topological polar surface area (TPSA) is 66.9 Å². The van der Waals surface area contributed by atoms with Crippen molar-refractivity contribution in [3.63, 3.8) is 0 Å². The molecule has 0 saturated carbocycles. The van der Waals surface area contributed by atoms with Gasteiger partial charge in [0.15, 0.2) is 0 Å². The Morgan fingerprint density at radius 2 is 1.89 bits per heavy atom. The van der Waals surface area contributed by atoms with Crippen molar-refractivity contribution in [2.24, 2.45) is 0 Å². The molecule has 0 atom stereocenters. The van der Waals surface area contributed by atoms with E-state index in [4.69, 9.17) is 4.74 Å². The van der Waals surface area contributed by atoms with Gasteiger partial charge in [-0.1, -0.05) is 12.1 Å². The summed E-state index contributed by atoms with van der Waals surface area (Å²) in [6.45, 7) is 7.61. The minimum Gasteiger partial charge on any atom is -0.493 e. The maximum absolute atomic E-state index is 12.4. The standard InChI is InChI=1S/C21H34N2O4S/c1-5-28(25,26)22(4)19-11-13-23(14-12-19)21(24)8-6-7-15-27-20-16-17(2)9-10-18(20)3/h9-10,16,19H,5-8,11-15H2,1-4H3. The van der Waals surface area contributed by atoms with Crippen LogP contribution in [0.15, 0.2) is 18.2 Å². The third-order valence-electron chi connectivity index (χ3n) is 5.52. The van der Waals surface area contributed by atoms with Gasteiger partial charge in [0.25, 0.3) is 0 Å². The molecule has 0 N–H and O–H groups in total. The summed E-state index contributed by atoms with van der Waals surface area (Å²) in [5.74, 6) is 1.19. The average molecular weight is 411 g/mol. The highest BCUT2D eigenvalue weighted by atomic mass is 32.2. The van der Waals surface area contributed by atoms with Gasteiger partial charge < -0.3 is 9.64 Å². The van der Waals surface area contributed by atoms with Crippen LogP contribution in [0.4, 0.5) is 0 Å². The minimum atomic E-state index is -3.17. The molecule has 0 radical (unpaired) electrons. The number of unbranched alkanes of at least 4 members (excludes halogenated alkanes) is 1. The van der Waals surface area contributed by atoms with Crippen molar-refractivity contribution in [2.45, 2.75) is 58.9 Å². The van der Waals surface area contributed by atoms with E-state index in [1.165, 1.54) is 9.87 Å². The van der Waals surface area contributed by atoms with E-state index in [2.05, 4.69) is 12.1 Å². The number of hydrogen-bond donors (Lipinski definition) is 0. The molecule has 0 bridgehead atoms. The number of likely N-dealkylation sites (tertiary alicyclic amines) is 1. The maximum atomic E-state index is 12.4. The number of piperidine rings is 1. The first-order chi connectivity index (χ1) is 13.2. The first kappa shape index (κ1) is 22.7. The van der Waals surface area contributed by atoms with Gasteiger partial charge in [-0.25, -0.2) is 12.7 Å². The average Bonchev–Trinajstić information content (AvgIpc) is 2.69. The number of ether oxygens (including phenoxy) is 1. The summed E-state index contributed by atoms with van der Waals surface area (Å²) in [6, 6.07) is 6.17. The molecule has 1 aromatic rings. The quantitative estimate of drug-likeness (QED) is 0.587. The number of carbonyl (C=O) groups is 1. The zero-order chi connectivity index (χ0) is 20.7. The van der Waals surface area contributed by atoms with Crippen molar-refractivity contribution in [3.8, 4) is 5.75 Å². The molecule has 0 aliphatic carbocycles. The van der Waals surface area contributed by atoms with Gasteiger partial charge in [0.05, 0.1) is 12.4 Å². The summed E-state index contributed by atoms with van der Waals surface area (Å²) >= 11 is 0. The Hall–Kier alpha value is -1.60. The van der Waals surface area contributed by atoms with Crippen molar-refractivity contribution in [1.82, 2.24) is 9.21 Å². The monoisotopic (exact) mass is 410 g/mol. The molecule has 7 heteroatoms. The lowest BCUT2D eigenvalue weighted by Gasteiger charge is -2.36. The Morgan fingerprint density at radius 3 is 2.54 bits per heavy atom. The molecule has 1 amide bonds. The molecular weight excluding hydrogens is 376 g/mol. The summed E-state index contributed by atoms with van der Waals surface area (Å²) in [4.78, 5) is 14.3. The first-order valence-corrected chi connectivity index (χ1v) is 11.8. The fraction of sp³-hybridized carbons (Fsp3) is 0.667. The normalized spacial score (nSPS) is 15.8. The van der Waals surface area contributed by atoms with Gasteiger partial charge in [-0.05, 0) is 63.6 Å². The van der Waals surface area contributed by atoms with Crippen LogP contribution in [-0.2, 0) is 14.8 Å². The third kappa shape index (κ3) is 6.21. The highest BCUT2D eigenvalue weighted by molar-refractivity contribution is 7.89. The molecule has 1 fully saturated rings. The fourth-order valence-corrected chi connectivity index (χ4v) is 4.56. The van der Waals surface area contributed by atoms with Gasteiger partial charge in [0, 0.05) is 32.6 Å². The van der Waals surface area contributed by atoms with E-state index in [1.807, 2.05) is 24.8 Å². The molecule has 6 nitrogen and oxygen atoms in total. The zero-order valence-corrected chi connectivity index (χ0v) is 18.4. The number of hydrogen-bond acceptors (Lipinski definition) is 4. The summed E-state index contributed by atoms with van der Waals surface area (Å²) in [5, 5.41) is 0. The second kappa shape index (κ2) is 10.3. The Kier molecular flexibility index (Phi) is 8.31. The molecule has 1 aromatic carbocycles. The third-order valence-corrected chi connectivity index (χ3v) is 7.43. The summed E-state index contributed by atoms with van der Waals surface area (Å²) in [5.41, 5.74) is 2.30. The van der Waals surface area contributed by atoms with Crippen LogP contribution in [0.2, 0.25) is 0 Å². The van der Waals surface area contributed by atoms with Gasteiger partial charge >= 0.3 is 0 Å².